The zero-order valence-electron chi connectivity index (χ0n) is 13.5. The van der Waals surface area contributed by atoms with Gasteiger partial charge in [-0.3, -0.25) is 0 Å². The van der Waals surface area contributed by atoms with Crippen molar-refractivity contribution in [3.05, 3.63) is 70.7 Å². The van der Waals surface area contributed by atoms with Gasteiger partial charge in [0.05, 0.1) is 17.1 Å². The van der Waals surface area contributed by atoms with E-state index < -0.39 is 0 Å². The predicted molar refractivity (Wildman–Crippen MR) is 97.2 cm³/mol. The van der Waals surface area contributed by atoms with Gasteiger partial charge >= 0.3 is 0 Å². The third-order valence-corrected chi connectivity index (χ3v) is 4.75. The lowest BCUT2D eigenvalue weighted by Crippen LogP contribution is -2.08. The molecule has 7 heteroatoms. The molecule has 5 nitrogen and oxygen atoms in total. The summed E-state index contributed by atoms with van der Waals surface area (Å²) in [5.41, 5.74) is 2.97. The van der Waals surface area contributed by atoms with Gasteiger partial charge in [0, 0.05) is 6.42 Å². The number of anilines is 1. The van der Waals surface area contributed by atoms with Gasteiger partial charge in [-0.25, -0.2) is 9.37 Å². The standard InChI is InChI=1S/C18H16FN5S/c1-11(17-21-14-4-2-3-5-15(14)22-17)20-18-24-23-16(25-18)10-12-6-8-13(19)9-7-12/h2-9,11H,10H2,1H3,(H,20,24)(H,21,22). The average molecular weight is 353 g/mol. The van der Waals surface area contributed by atoms with Gasteiger partial charge in [-0.2, -0.15) is 0 Å². The molecule has 1 atom stereocenters. The van der Waals surface area contributed by atoms with Gasteiger partial charge in [0.25, 0.3) is 0 Å². The summed E-state index contributed by atoms with van der Waals surface area (Å²) in [5, 5.41) is 13.3. The van der Waals surface area contributed by atoms with Crippen LogP contribution < -0.4 is 5.32 Å². The van der Waals surface area contributed by atoms with Crippen LogP contribution in [0, 0.1) is 5.82 Å². The molecule has 2 aromatic carbocycles. The smallest absolute Gasteiger partial charge is 0.206 e. The maximum absolute atomic E-state index is 13.0. The summed E-state index contributed by atoms with van der Waals surface area (Å²) in [5.74, 6) is 0.625. The first-order valence-corrected chi connectivity index (χ1v) is 8.77. The first-order chi connectivity index (χ1) is 12.2. The van der Waals surface area contributed by atoms with Gasteiger partial charge in [0.15, 0.2) is 0 Å². The maximum atomic E-state index is 13.0. The Bertz CT molecular complexity index is 959. The van der Waals surface area contributed by atoms with Crippen molar-refractivity contribution in [1.29, 1.82) is 0 Å². The van der Waals surface area contributed by atoms with Gasteiger partial charge in [-0.05, 0) is 36.8 Å². The summed E-state index contributed by atoms with van der Waals surface area (Å²) in [6, 6.07) is 14.4. The molecule has 25 heavy (non-hydrogen) atoms. The number of imidazole rings is 1. The number of fused-ring (bicyclic) bond motifs is 1. The quantitative estimate of drug-likeness (QED) is 0.561. The van der Waals surface area contributed by atoms with Crippen LogP contribution in [0.5, 0.6) is 0 Å². The van der Waals surface area contributed by atoms with E-state index in [1.807, 2.05) is 31.2 Å². The van der Waals surface area contributed by atoms with Crippen LogP contribution in [-0.2, 0) is 6.42 Å². The monoisotopic (exact) mass is 353 g/mol. The van der Waals surface area contributed by atoms with E-state index in [1.54, 1.807) is 12.1 Å². The molecular weight excluding hydrogens is 337 g/mol. The molecule has 2 heterocycles. The molecule has 4 aromatic rings. The van der Waals surface area contributed by atoms with Crippen molar-refractivity contribution < 1.29 is 4.39 Å². The number of aromatic nitrogens is 4. The third-order valence-electron chi connectivity index (χ3n) is 3.89. The van der Waals surface area contributed by atoms with Crippen LogP contribution in [0.15, 0.2) is 48.5 Å². The van der Waals surface area contributed by atoms with Gasteiger partial charge < -0.3 is 10.3 Å². The number of halogens is 1. The zero-order chi connectivity index (χ0) is 17.2. The SMILES string of the molecule is CC(Nc1nnc(Cc2ccc(F)cc2)s1)c1nc2ccccc2[nH]1. The topological polar surface area (TPSA) is 66.5 Å². The minimum Gasteiger partial charge on any atom is -0.350 e. The second-order valence-corrected chi connectivity index (χ2v) is 6.87. The van der Waals surface area contributed by atoms with Crippen molar-refractivity contribution >= 4 is 27.5 Å². The Labute approximate surface area is 148 Å². The lowest BCUT2D eigenvalue weighted by molar-refractivity contribution is 0.627. The Morgan fingerprint density at radius 3 is 2.72 bits per heavy atom. The average Bonchev–Trinajstić information content (AvgIpc) is 3.23. The molecule has 0 fully saturated rings. The normalized spacial score (nSPS) is 12.4. The molecule has 0 bridgehead atoms. The van der Waals surface area contributed by atoms with E-state index in [2.05, 4.69) is 25.5 Å². The molecule has 2 N–H and O–H groups in total. The zero-order valence-corrected chi connectivity index (χ0v) is 14.3. The summed E-state index contributed by atoms with van der Waals surface area (Å²) >= 11 is 1.49. The highest BCUT2D eigenvalue weighted by Crippen LogP contribution is 2.24. The lowest BCUT2D eigenvalue weighted by atomic mass is 10.2. The number of hydrogen-bond donors (Lipinski definition) is 2. The number of hydrogen-bond acceptors (Lipinski definition) is 5. The highest BCUT2D eigenvalue weighted by molar-refractivity contribution is 7.15. The van der Waals surface area contributed by atoms with Gasteiger partial charge in [-0.15, -0.1) is 10.2 Å². The van der Waals surface area contributed by atoms with E-state index in [1.165, 1.54) is 23.5 Å². The maximum Gasteiger partial charge on any atom is 0.206 e. The van der Waals surface area contributed by atoms with E-state index in [-0.39, 0.29) is 11.9 Å². The fourth-order valence-electron chi connectivity index (χ4n) is 2.59. The van der Waals surface area contributed by atoms with Crippen LogP contribution in [0.1, 0.15) is 29.4 Å². The molecule has 0 saturated carbocycles. The number of benzene rings is 2. The Balaban J connectivity index is 1.45. The minimum absolute atomic E-state index is 0.0148. The Kier molecular flexibility index (Phi) is 4.15. The Morgan fingerprint density at radius 2 is 1.92 bits per heavy atom. The molecule has 0 amide bonds. The number of H-pyrrole nitrogens is 1. The van der Waals surface area contributed by atoms with Crippen LogP contribution in [0.4, 0.5) is 9.52 Å². The van der Waals surface area contributed by atoms with Crippen molar-refractivity contribution in [2.24, 2.45) is 0 Å². The fourth-order valence-corrected chi connectivity index (χ4v) is 3.45. The molecule has 0 radical (unpaired) electrons. The molecule has 126 valence electrons. The van der Waals surface area contributed by atoms with Crippen molar-refractivity contribution in [2.75, 3.05) is 5.32 Å². The van der Waals surface area contributed by atoms with E-state index in [9.17, 15) is 4.39 Å². The highest BCUT2D eigenvalue weighted by Gasteiger charge is 2.13. The van der Waals surface area contributed by atoms with E-state index in [0.29, 0.717) is 6.42 Å². The van der Waals surface area contributed by atoms with Gasteiger partial charge in [-0.1, -0.05) is 35.6 Å². The second kappa shape index (κ2) is 6.60. The van der Waals surface area contributed by atoms with Crippen LogP contribution in [-0.4, -0.2) is 20.2 Å². The molecule has 4 rings (SSSR count). The van der Waals surface area contributed by atoms with E-state index in [4.69, 9.17) is 0 Å². The number of nitrogens with zero attached hydrogens (tertiary/aromatic N) is 3. The summed E-state index contributed by atoms with van der Waals surface area (Å²) in [6.07, 6.45) is 0.638. The van der Waals surface area contributed by atoms with E-state index in [0.717, 1.165) is 32.6 Å². The number of aromatic amines is 1. The van der Waals surface area contributed by atoms with Gasteiger partial charge in [0.1, 0.15) is 16.6 Å². The van der Waals surface area contributed by atoms with Crippen molar-refractivity contribution in [3.8, 4) is 0 Å². The molecule has 2 aromatic heterocycles. The molecule has 0 aliphatic carbocycles. The molecular formula is C18H16FN5S. The Hall–Kier alpha value is -2.80. The molecule has 0 spiro atoms. The van der Waals surface area contributed by atoms with Crippen LogP contribution >= 0.6 is 11.3 Å². The summed E-state index contributed by atoms with van der Waals surface area (Å²) < 4.78 is 13.0. The van der Waals surface area contributed by atoms with Crippen molar-refractivity contribution in [1.82, 2.24) is 20.2 Å². The second-order valence-electron chi connectivity index (χ2n) is 5.81. The highest BCUT2D eigenvalue weighted by atomic mass is 32.1. The molecule has 0 saturated heterocycles. The number of para-hydroxylation sites is 2. The lowest BCUT2D eigenvalue weighted by Gasteiger charge is -2.08. The van der Waals surface area contributed by atoms with Gasteiger partial charge in [0.2, 0.25) is 5.13 Å². The first-order valence-electron chi connectivity index (χ1n) is 7.95. The Morgan fingerprint density at radius 1 is 1.12 bits per heavy atom. The third kappa shape index (κ3) is 3.51. The minimum atomic E-state index is -0.233. The predicted octanol–water partition coefficient (Wildman–Crippen LogP) is 4.32. The van der Waals surface area contributed by atoms with Crippen LogP contribution in [0.3, 0.4) is 0 Å². The van der Waals surface area contributed by atoms with Crippen LogP contribution in [0.25, 0.3) is 11.0 Å². The molecule has 0 aliphatic heterocycles. The first kappa shape index (κ1) is 15.7. The summed E-state index contributed by atoms with van der Waals surface area (Å²) in [7, 11) is 0. The van der Waals surface area contributed by atoms with Crippen molar-refractivity contribution in [2.45, 2.75) is 19.4 Å². The summed E-state index contributed by atoms with van der Waals surface area (Å²) in [6.45, 7) is 2.03. The fraction of sp³-hybridized carbons (Fsp3) is 0.167. The summed E-state index contributed by atoms with van der Waals surface area (Å²) in [4.78, 5) is 7.91. The largest absolute Gasteiger partial charge is 0.350 e. The van der Waals surface area contributed by atoms with Crippen LogP contribution in [0.2, 0.25) is 0 Å². The molecule has 0 aliphatic rings. The number of nitrogens with one attached hydrogen (secondary N) is 2. The number of rotatable bonds is 5. The molecule has 1 unspecified atom stereocenters. The van der Waals surface area contributed by atoms with Crippen molar-refractivity contribution in [3.63, 3.8) is 0 Å². The van der Waals surface area contributed by atoms with E-state index >= 15 is 0 Å².